The number of halogens is 2. The number of aliphatic hydroxyl groups excluding tert-OH is 1. The van der Waals surface area contributed by atoms with Crippen LogP contribution < -0.4 is 16.0 Å². The van der Waals surface area contributed by atoms with Crippen molar-refractivity contribution in [2.75, 3.05) is 0 Å². The maximum absolute atomic E-state index is 13.5. The first-order valence-electron chi connectivity index (χ1n) is 12.4. The molecule has 1 aliphatic heterocycles. The van der Waals surface area contributed by atoms with Crippen LogP contribution in [0.3, 0.4) is 0 Å². The van der Waals surface area contributed by atoms with Crippen molar-refractivity contribution in [2.45, 2.75) is 49.9 Å². The zero-order valence-electron chi connectivity index (χ0n) is 20.7. The van der Waals surface area contributed by atoms with Crippen molar-refractivity contribution in [2.24, 2.45) is 0 Å². The van der Waals surface area contributed by atoms with E-state index in [-0.39, 0.29) is 23.4 Å². The third kappa shape index (κ3) is 6.41. The van der Waals surface area contributed by atoms with E-state index in [4.69, 9.17) is 0 Å². The molecular weight excluding hydrogens is 492 g/mol. The van der Waals surface area contributed by atoms with Crippen LogP contribution in [0.4, 0.5) is 8.78 Å². The standard InChI is InChI=1S/C29H29F2N3O4/c1-17(32-29(38)26(35)20-14-21(30)16-22(31)15-20)27(36)34-25-23(18-8-4-2-5-9-18)12-13-24(33-28(25)37)19-10-6-3-7-11-19/h2-11,14-17,23-26,35H,12-13H2,1H3,(H,32,38)(H,33,37)(H,34,36)/t17-,23-,24-,25-,26-/m0/s1. The molecule has 0 unspecified atom stereocenters. The summed E-state index contributed by atoms with van der Waals surface area (Å²) in [5.41, 5.74) is 1.57. The Balaban J connectivity index is 1.49. The molecule has 0 saturated carbocycles. The number of rotatable bonds is 7. The zero-order valence-corrected chi connectivity index (χ0v) is 20.7. The molecule has 1 heterocycles. The van der Waals surface area contributed by atoms with Crippen molar-refractivity contribution < 1.29 is 28.3 Å². The van der Waals surface area contributed by atoms with E-state index in [2.05, 4.69) is 16.0 Å². The molecule has 0 aromatic heterocycles. The predicted molar refractivity (Wildman–Crippen MR) is 137 cm³/mol. The van der Waals surface area contributed by atoms with Gasteiger partial charge in [0.25, 0.3) is 5.91 Å². The quantitative estimate of drug-likeness (QED) is 0.382. The van der Waals surface area contributed by atoms with Crippen LogP contribution in [-0.4, -0.2) is 34.9 Å². The van der Waals surface area contributed by atoms with Crippen LogP contribution in [-0.2, 0) is 14.4 Å². The monoisotopic (exact) mass is 521 g/mol. The third-order valence-corrected chi connectivity index (χ3v) is 6.70. The van der Waals surface area contributed by atoms with E-state index in [9.17, 15) is 28.3 Å². The maximum Gasteiger partial charge on any atom is 0.254 e. The number of amides is 3. The minimum Gasteiger partial charge on any atom is -0.378 e. The molecule has 38 heavy (non-hydrogen) atoms. The Bertz CT molecular complexity index is 1270. The molecule has 0 radical (unpaired) electrons. The van der Waals surface area contributed by atoms with Gasteiger partial charge < -0.3 is 21.1 Å². The Labute approximate surface area is 219 Å². The molecule has 1 saturated heterocycles. The van der Waals surface area contributed by atoms with Crippen molar-refractivity contribution in [3.8, 4) is 0 Å². The first kappa shape index (κ1) is 26.9. The highest BCUT2D eigenvalue weighted by Crippen LogP contribution is 2.33. The van der Waals surface area contributed by atoms with Crippen LogP contribution in [0.2, 0.25) is 0 Å². The van der Waals surface area contributed by atoms with E-state index in [1.807, 2.05) is 60.7 Å². The Kier molecular flexibility index (Phi) is 8.48. The maximum atomic E-state index is 13.5. The Hall–Kier alpha value is -4.11. The lowest BCUT2D eigenvalue weighted by molar-refractivity contribution is -0.135. The van der Waals surface area contributed by atoms with Crippen LogP contribution in [0.1, 0.15) is 54.5 Å². The Morgan fingerprint density at radius 1 is 0.895 bits per heavy atom. The summed E-state index contributed by atoms with van der Waals surface area (Å²) in [5, 5.41) is 18.4. The lowest BCUT2D eigenvalue weighted by Crippen LogP contribution is -2.54. The summed E-state index contributed by atoms with van der Waals surface area (Å²) < 4.78 is 27.0. The first-order valence-corrected chi connectivity index (χ1v) is 12.4. The Morgan fingerprint density at radius 3 is 2.08 bits per heavy atom. The van der Waals surface area contributed by atoms with Gasteiger partial charge in [-0.2, -0.15) is 0 Å². The summed E-state index contributed by atoms with van der Waals surface area (Å²) in [6.45, 7) is 1.39. The largest absolute Gasteiger partial charge is 0.378 e. The fourth-order valence-electron chi connectivity index (χ4n) is 4.71. The second-order valence-electron chi connectivity index (χ2n) is 9.39. The average Bonchev–Trinajstić information content (AvgIpc) is 3.07. The van der Waals surface area contributed by atoms with E-state index >= 15 is 0 Å². The molecule has 5 atom stereocenters. The van der Waals surface area contributed by atoms with E-state index in [1.165, 1.54) is 6.92 Å². The van der Waals surface area contributed by atoms with E-state index in [1.54, 1.807) is 0 Å². The second kappa shape index (κ2) is 12.0. The number of nitrogens with one attached hydrogen (secondary N) is 3. The van der Waals surface area contributed by atoms with Gasteiger partial charge in [0.15, 0.2) is 6.10 Å². The number of benzene rings is 3. The molecule has 0 spiro atoms. The Morgan fingerprint density at radius 2 is 1.47 bits per heavy atom. The van der Waals surface area contributed by atoms with Crippen LogP contribution in [0.5, 0.6) is 0 Å². The number of hydrogen-bond donors (Lipinski definition) is 4. The highest BCUT2D eigenvalue weighted by atomic mass is 19.1. The van der Waals surface area contributed by atoms with Crippen LogP contribution >= 0.6 is 0 Å². The van der Waals surface area contributed by atoms with Gasteiger partial charge in [-0.3, -0.25) is 14.4 Å². The molecule has 4 N–H and O–H groups in total. The van der Waals surface area contributed by atoms with Crippen molar-refractivity contribution in [1.82, 2.24) is 16.0 Å². The molecule has 0 aliphatic carbocycles. The molecule has 7 nitrogen and oxygen atoms in total. The summed E-state index contributed by atoms with van der Waals surface area (Å²) in [6.07, 6.45) is -0.623. The van der Waals surface area contributed by atoms with E-state index < -0.39 is 41.6 Å². The van der Waals surface area contributed by atoms with Gasteiger partial charge in [-0.1, -0.05) is 60.7 Å². The summed E-state index contributed by atoms with van der Waals surface area (Å²) in [5.74, 6) is -4.22. The fraction of sp³-hybridized carbons (Fsp3) is 0.276. The van der Waals surface area contributed by atoms with Crippen molar-refractivity contribution in [1.29, 1.82) is 0 Å². The highest BCUT2D eigenvalue weighted by molar-refractivity contribution is 5.93. The van der Waals surface area contributed by atoms with Gasteiger partial charge in [0.1, 0.15) is 23.7 Å². The normalized spacial score (nSPS) is 20.9. The van der Waals surface area contributed by atoms with E-state index in [0.717, 1.165) is 23.3 Å². The lowest BCUT2D eigenvalue weighted by Gasteiger charge is -2.27. The molecular formula is C29H29F2N3O4. The molecule has 3 aromatic rings. The molecule has 9 heteroatoms. The summed E-state index contributed by atoms with van der Waals surface area (Å²) in [4.78, 5) is 39.0. The van der Waals surface area contributed by atoms with Crippen molar-refractivity contribution in [3.63, 3.8) is 0 Å². The summed E-state index contributed by atoms with van der Waals surface area (Å²) in [7, 11) is 0. The number of carbonyl (C=O) groups excluding carboxylic acids is 3. The number of aliphatic hydroxyl groups is 1. The molecule has 198 valence electrons. The smallest absolute Gasteiger partial charge is 0.254 e. The molecule has 3 amide bonds. The van der Waals surface area contributed by atoms with Crippen LogP contribution in [0.25, 0.3) is 0 Å². The van der Waals surface area contributed by atoms with Gasteiger partial charge in [0, 0.05) is 12.0 Å². The van der Waals surface area contributed by atoms with Crippen LogP contribution in [0.15, 0.2) is 78.9 Å². The van der Waals surface area contributed by atoms with Crippen molar-refractivity contribution >= 4 is 17.7 Å². The van der Waals surface area contributed by atoms with E-state index in [0.29, 0.717) is 18.9 Å². The first-order chi connectivity index (χ1) is 18.2. The second-order valence-corrected chi connectivity index (χ2v) is 9.39. The molecule has 4 rings (SSSR count). The van der Waals surface area contributed by atoms with Gasteiger partial charge in [-0.25, -0.2) is 8.78 Å². The van der Waals surface area contributed by atoms with Gasteiger partial charge >= 0.3 is 0 Å². The highest BCUT2D eigenvalue weighted by Gasteiger charge is 2.37. The third-order valence-electron chi connectivity index (χ3n) is 6.70. The summed E-state index contributed by atoms with van der Waals surface area (Å²) in [6, 6.07) is 19.0. The predicted octanol–water partition coefficient (Wildman–Crippen LogP) is 3.42. The molecule has 0 bridgehead atoms. The van der Waals surface area contributed by atoms with Gasteiger partial charge in [0.05, 0.1) is 6.04 Å². The minimum atomic E-state index is -1.89. The van der Waals surface area contributed by atoms with Crippen molar-refractivity contribution in [3.05, 3.63) is 107 Å². The summed E-state index contributed by atoms with van der Waals surface area (Å²) >= 11 is 0. The van der Waals surface area contributed by atoms with Crippen LogP contribution in [0, 0.1) is 11.6 Å². The van der Waals surface area contributed by atoms with Gasteiger partial charge in [0.2, 0.25) is 11.8 Å². The minimum absolute atomic E-state index is 0.226. The lowest BCUT2D eigenvalue weighted by atomic mass is 9.86. The number of carbonyl (C=O) groups is 3. The number of hydrogen-bond acceptors (Lipinski definition) is 4. The average molecular weight is 522 g/mol. The van der Waals surface area contributed by atoms with Gasteiger partial charge in [-0.15, -0.1) is 0 Å². The molecule has 1 fully saturated rings. The molecule has 3 aromatic carbocycles. The SMILES string of the molecule is C[C@H](NC(=O)[C@@H](O)c1cc(F)cc(F)c1)C(=O)N[C@@H]1C(=O)N[C@H](c2ccccc2)CC[C@H]1c1ccccc1. The molecule has 1 aliphatic rings. The zero-order chi connectivity index (χ0) is 27.2. The fourth-order valence-corrected chi connectivity index (χ4v) is 4.71. The van der Waals surface area contributed by atoms with Gasteiger partial charge in [-0.05, 0) is 48.6 Å². The topological polar surface area (TPSA) is 108 Å².